The number of piperidine rings is 1. The molecule has 2 heterocycles. The van der Waals surface area contributed by atoms with Crippen LogP contribution in [0.3, 0.4) is 0 Å². The van der Waals surface area contributed by atoms with Crippen molar-refractivity contribution in [3.05, 3.63) is 35.4 Å². The summed E-state index contributed by atoms with van der Waals surface area (Å²) in [5, 5.41) is 2.39. The lowest BCUT2D eigenvalue weighted by atomic mass is 9.91. The highest BCUT2D eigenvalue weighted by atomic mass is 19.1. The minimum atomic E-state index is -1.74. The number of nitrogens with one attached hydrogen (secondary N) is 1. The Morgan fingerprint density at radius 1 is 1.23 bits per heavy atom. The predicted molar refractivity (Wildman–Crippen MR) is 99.9 cm³/mol. The Labute approximate surface area is 172 Å². The van der Waals surface area contributed by atoms with E-state index in [4.69, 9.17) is 4.74 Å². The Hall–Kier alpha value is -3.04. The summed E-state index contributed by atoms with van der Waals surface area (Å²) in [6.45, 7) is 3.41. The molecule has 8 nitrogen and oxygen atoms in total. The van der Waals surface area contributed by atoms with Crippen LogP contribution in [0.1, 0.15) is 32.3 Å². The summed E-state index contributed by atoms with van der Waals surface area (Å²) in [7, 11) is 0. The molecule has 2 saturated heterocycles. The van der Waals surface area contributed by atoms with Gasteiger partial charge in [0.1, 0.15) is 23.7 Å². The second kappa shape index (κ2) is 8.37. The fraction of sp³-hybridized carbons (Fsp3) is 0.500. The molecule has 1 aromatic rings. The number of carbonyl (C=O) groups is 4. The van der Waals surface area contributed by atoms with Crippen molar-refractivity contribution in [2.75, 3.05) is 26.2 Å². The number of nitrogens with zero attached hydrogens (tertiary/aromatic N) is 2. The molecule has 4 amide bonds. The van der Waals surface area contributed by atoms with E-state index in [1.165, 1.54) is 11.8 Å². The minimum absolute atomic E-state index is 0.188. The SMILES string of the molecule is CCOC(=O)C1CCN(C(=O)CN2C(=O)NC(C)(c3ccc(F)cc3F)C2=O)CC1. The maximum absolute atomic E-state index is 14.2. The number of likely N-dealkylation sites (tertiary alicyclic amines) is 1. The average molecular weight is 423 g/mol. The van der Waals surface area contributed by atoms with Crippen LogP contribution in [-0.2, 0) is 24.7 Å². The first-order chi connectivity index (χ1) is 14.2. The van der Waals surface area contributed by atoms with Crippen LogP contribution in [0.2, 0.25) is 0 Å². The molecular formula is C20H23F2N3O5. The lowest BCUT2D eigenvalue weighted by Gasteiger charge is -2.31. The van der Waals surface area contributed by atoms with Crippen molar-refractivity contribution in [1.82, 2.24) is 15.1 Å². The Morgan fingerprint density at radius 2 is 1.90 bits per heavy atom. The zero-order valence-electron chi connectivity index (χ0n) is 16.7. The fourth-order valence-electron chi connectivity index (χ4n) is 3.78. The van der Waals surface area contributed by atoms with Crippen molar-refractivity contribution in [2.45, 2.75) is 32.2 Å². The largest absolute Gasteiger partial charge is 0.466 e. The summed E-state index contributed by atoms with van der Waals surface area (Å²) in [5.74, 6) is -3.61. The number of esters is 1. The first-order valence-electron chi connectivity index (χ1n) is 9.71. The second-order valence-electron chi connectivity index (χ2n) is 7.48. The Kier molecular flexibility index (Phi) is 6.04. The van der Waals surface area contributed by atoms with Crippen LogP contribution >= 0.6 is 0 Å². The van der Waals surface area contributed by atoms with Crippen molar-refractivity contribution in [3.8, 4) is 0 Å². The fourth-order valence-corrected chi connectivity index (χ4v) is 3.78. The molecule has 1 aromatic carbocycles. The Morgan fingerprint density at radius 3 is 2.50 bits per heavy atom. The molecule has 10 heteroatoms. The number of amides is 4. The third kappa shape index (κ3) is 3.99. The lowest BCUT2D eigenvalue weighted by molar-refractivity contribution is -0.151. The van der Waals surface area contributed by atoms with Gasteiger partial charge < -0.3 is 15.0 Å². The first-order valence-corrected chi connectivity index (χ1v) is 9.71. The molecule has 30 heavy (non-hydrogen) atoms. The Bertz CT molecular complexity index is 885. The van der Waals surface area contributed by atoms with Gasteiger partial charge in [-0.25, -0.2) is 13.6 Å². The van der Waals surface area contributed by atoms with Crippen LogP contribution in [0.5, 0.6) is 0 Å². The molecule has 0 spiro atoms. The van der Waals surface area contributed by atoms with Gasteiger partial charge in [0.25, 0.3) is 5.91 Å². The van der Waals surface area contributed by atoms with E-state index >= 15 is 0 Å². The monoisotopic (exact) mass is 423 g/mol. The minimum Gasteiger partial charge on any atom is -0.466 e. The zero-order chi connectivity index (χ0) is 22.1. The van der Waals surface area contributed by atoms with Gasteiger partial charge in [-0.3, -0.25) is 19.3 Å². The highest BCUT2D eigenvalue weighted by Gasteiger charge is 2.51. The summed E-state index contributed by atoms with van der Waals surface area (Å²) in [4.78, 5) is 51.8. The van der Waals surface area contributed by atoms with Gasteiger partial charge in [-0.15, -0.1) is 0 Å². The number of hydrogen-bond donors (Lipinski definition) is 1. The highest BCUT2D eigenvalue weighted by Crippen LogP contribution is 2.31. The van der Waals surface area contributed by atoms with Crippen molar-refractivity contribution in [1.29, 1.82) is 0 Å². The molecule has 0 aromatic heterocycles. The van der Waals surface area contributed by atoms with Gasteiger partial charge in [0.15, 0.2) is 0 Å². The van der Waals surface area contributed by atoms with Crippen molar-refractivity contribution in [2.24, 2.45) is 5.92 Å². The van der Waals surface area contributed by atoms with Gasteiger partial charge in [0.05, 0.1) is 12.5 Å². The van der Waals surface area contributed by atoms with E-state index in [-0.39, 0.29) is 24.1 Å². The maximum Gasteiger partial charge on any atom is 0.325 e. The average Bonchev–Trinajstić information content (AvgIpc) is 2.91. The van der Waals surface area contributed by atoms with Crippen LogP contribution in [0.25, 0.3) is 0 Å². The van der Waals surface area contributed by atoms with Crippen LogP contribution < -0.4 is 5.32 Å². The number of halogens is 2. The molecule has 2 fully saturated rings. The summed E-state index contributed by atoms with van der Waals surface area (Å²) in [6, 6.07) is 1.88. The van der Waals surface area contributed by atoms with E-state index in [9.17, 15) is 28.0 Å². The molecule has 1 atom stereocenters. The number of rotatable bonds is 5. The van der Waals surface area contributed by atoms with Crippen molar-refractivity contribution in [3.63, 3.8) is 0 Å². The van der Waals surface area contributed by atoms with Gasteiger partial charge in [-0.2, -0.15) is 0 Å². The number of imide groups is 1. The molecule has 1 unspecified atom stereocenters. The second-order valence-corrected chi connectivity index (χ2v) is 7.48. The molecule has 2 aliphatic heterocycles. The quantitative estimate of drug-likeness (QED) is 0.573. The molecule has 0 saturated carbocycles. The van der Waals surface area contributed by atoms with Gasteiger partial charge in [0.2, 0.25) is 5.91 Å². The van der Waals surface area contributed by atoms with Gasteiger partial charge >= 0.3 is 12.0 Å². The molecular weight excluding hydrogens is 400 g/mol. The standard InChI is InChI=1S/C20H23F2N3O5/c1-3-30-17(27)12-6-8-24(9-7-12)16(26)11-25-18(28)20(2,23-19(25)29)14-5-4-13(21)10-15(14)22/h4-5,10,12H,3,6-9,11H2,1-2H3,(H,23,29). The van der Waals surface area contributed by atoms with Crippen LogP contribution in [0.15, 0.2) is 18.2 Å². The van der Waals surface area contributed by atoms with Crippen molar-refractivity contribution >= 4 is 23.8 Å². The zero-order valence-corrected chi connectivity index (χ0v) is 16.7. The topological polar surface area (TPSA) is 96.0 Å². The molecule has 2 aliphatic rings. The van der Waals surface area contributed by atoms with E-state index in [1.807, 2.05) is 0 Å². The van der Waals surface area contributed by atoms with Crippen molar-refractivity contribution < 1.29 is 32.7 Å². The first kappa shape index (κ1) is 21.7. The van der Waals surface area contributed by atoms with E-state index in [1.54, 1.807) is 6.92 Å². The number of benzene rings is 1. The summed E-state index contributed by atoms with van der Waals surface area (Å²) < 4.78 is 32.4. The smallest absolute Gasteiger partial charge is 0.325 e. The lowest BCUT2D eigenvalue weighted by Crippen LogP contribution is -2.47. The molecule has 162 valence electrons. The van der Waals surface area contributed by atoms with Crippen LogP contribution in [0.4, 0.5) is 13.6 Å². The Balaban J connectivity index is 1.66. The van der Waals surface area contributed by atoms with Crippen LogP contribution in [-0.4, -0.2) is 59.9 Å². The molecule has 0 aliphatic carbocycles. The molecule has 0 bridgehead atoms. The van der Waals surface area contributed by atoms with Gasteiger partial charge in [-0.05, 0) is 32.8 Å². The third-order valence-electron chi connectivity index (χ3n) is 5.51. The number of hydrogen-bond acceptors (Lipinski definition) is 5. The molecule has 0 radical (unpaired) electrons. The van der Waals surface area contributed by atoms with E-state index in [0.717, 1.165) is 17.0 Å². The van der Waals surface area contributed by atoms with E-state index in [0.29, 0.717) is 32.0 Å². The number of ether oxygens (including phenoxy) is 1. The highest BCUT2D eigenvalue weighted by molar-refractivity contribution is 6.09. The molecule has 1 N–H and O–H groups in total. The van der Waals surface area contributed by atoms with Crippen LogP contribution in [0, 0.1) is 17.6 Å². The summed E-state index contributed by atoms with van der Waals surface area (Å²) in [5.41, 5.74) is -1.93. The van der Waals surface area contributed by atoms with E-state index < -0.39 is 41.6 Å². The van der Waals surface area contributed by atoms with E-state index in [2.05, 4.69) is 5.32 Å². The summed E-state index contributed by atoms with van der Waals surface area (Å²) in [6.07, 6.45) is 0.868. The normalized spacial score (nSPS) is 22.3. The predicted octanol–water partition coefficient (Wildman–Crippen LogP) is 1.53. The molecule has 3 rings (SSSR count). The third-order valence-corrected chi connectivity index (χ3v) is 5.51. The number of urea groups is 1. The van der Waals surface area contributed by atoms with Gasteiger partial charge in [0, 0.05) is 24.7 Å². The number of carbonyl (C=O) groups excluding carboxylic acids is 4. The summed E-state index contributed by atoms with van der Waals surface area (Å²) >= 11 is 0. The maximum atomic E-state index is 14.2. The van der Waals surface area contributed by atoms with Gasteiger partial charge in [-0.1, -0.05) is 6.07 Å².